The minimum atomic E-state index is 0.242. The Morgan fingerprint density at radius 1 is 1.64 bits per heavy atom. The number of fused-ring (bicyclic) bond motifs is 1. The molecule has 0 spiro atoms. The third-order valence-electron chi connectivity index (χ3n) is 3.17. The quantitative estimate of drug-likeness (QED) is 0.612. The maximum atomic E-state index is 8.74. The van der Waals surface area contributed by atoms with E-state index in [1.807, 2.05) is 0 Å². The predicted octanol–water partition coefficient (Wildman–Crippen LogP) is 1.33. The first-order valence-electron chi connectivity index (χ1n) is 4.53. The Hall–Kier alpha value is -0.0800. The van der Waals surface area contributed by atoms with Gasteiger partial charge in [-0.3, -0.25) is 0 Å². The molecule has 0 amide bonds. The highest BCUT2D eigenvalue weighted by Gasteiger charge is 2.54. The topological polar surface area (TPSA) is 32.8 Å². The zero-order valence-corrected chi connectivity index (χ0v) is 7.05. The average molecular weight is 156 g/mol. The largest absolute Gasteiger partial charge is 0.396 e. The third-order valence-corrected chi connectivity index (χ3v) is 3.17. The first kappa shape index (κ1) is 7.56. The molecule has 2 fully saturated rings. The highest BCUT2D eigenvalue weighted by molar-refractivity contribution is 5.03. The summed E-state index contributed by atoms with van der Waals surface area (Å²) in [4.78, 5) is 0. The first-order valence-corrected chi connectivity index (χ1v) is 4.53. The molecule has 2 nitrogen and oxygen atoms in total. The van der Waals surface area contributed by atoms with Crippen LogP contribution in [0, 0.1) is 5.92 Å². The lowest BCUT2D eigenvalue weighted by atomic mass is 9.82. The standard InChI is InChI=1S/C9H16O2/c1-9-4-2-7(3-5-10)6-8(9)11-9/h7-8,10H,2-6H2,1H3. The van der Waals surface area contributed by atoms with Gasteiger partial charge in [0.2, 0.25) is 0 Å². The first-order chi connectivity index (χ1) is 5.24. The lowest BCUT2D eigenvalue weighted by molar-refractivity contribution is 0.230. The van der Waals surface area contributed by atoms with Gasteiger partial charge in [0.1, 0.15) is 0 Å². The molecule has 1 saturated heterocycles. The predicted molar refractivity (Wildman–Crippen MR) is 42.3 cm³/mol. The van der Waals surface area contributed by atoms with Gasteiger partial charge >= 0.3 is 0 Å². The Balaban J connectivity index is 1.83. The van der Waals surface area contributed by atoms with Crippen molar-refractivity contribution in [1.82, 2.24) is 0 Å². The summed E-state index contributed by atoms with van der Waals surface area (Å²) in [6.07, 6.45) is 5.11. The average Bonchev–Trinajstić information content (AvgIpc) is 2.61. The second-order valence-electron chi connectivity index (χ2n) is 4.07. The molecule has 3 atom stereocenters. The van der Waals surface area contributed by atoms with E-state index in [9.17, 15) is 0 Å². The van der Waals surface area contributed by atoms with Crippen LogP contribution in [0.15, 0.2) is 0 Å². The number of aliphatic hydroxyl groups excluding tert-OH is 1. The fraction of sp³-hybridized carbons (Fsp3) is 1.00. The van der Waals surface area contributed by atoms with Gasteiger partial charge in [-0.15, -0.1) is 0 Å². The second kappa shape index (κ2) is 2.46. The van der Waals surface area contributed by atoms with Crippen LogP contribution in [-0.2, 0) is 4.74 Å². The molecule has 2 rings (SSSR count). The van der Waals surface area contributed by atoms with Crippen molar-refractivity contribution in [1.29, 1.82) is 0 Å². The van der Waals surface area contributed by atoms with Crippen molar-refractivity contribution in [2.45, 2.75) is 44.3 Å². The van der Waals surface area contributed by atoms with Crippen molar-refractivity contribution in [2.24, 2.45) is 5.92 Å². The SMILES string of the molecule is CC12CCC(CCO)CC1O2. The van der Waals surface area contributed by atoms with Crippen LogP contribution in [0.4, 0.5) is 0 Å². The summed E-state index contributed by atoms with van der Waals surface area (Å²) < 4.78 is 5.56. The Kier molecular flexibility index (Phi) is 1.69. The molecular weight excluding hydrogens is 140 g/mol. The molecule has 11 heavy (non-hydrogen) atoms. The molecule has 64 valence electrons. The van der Waals surface area contributed by atoms with E-state index in [4.69, 9.17) is 9.84 Å². The van der Waals surface area contributed by atoms with Crippen LogP contribution in [0.1, 0.15) is 32.6 Å². The van der Waals surface area contributed by atoms with Crippen LogP contribution in [-0.4, -0.2) is 23.4 Å². The zero-order valence-electron chi connectivity index (χ0n) is 7.05. The minimum absolute atomic E-state index is 0.242. The summed E-state index contributed by atoms with van der Waals surface area (Å²) in [7, 11) is 0. The molecule has 0 bridgehead atoms. The minimum Gasteiger partial charge on any atom is -0.396 e. The van der Waals surface area contributed by atoms with Crippen molar-refractivity contribution >= 4 is 0 Å². The number of hydrogen-bond donors (Lipinski definition) is 1. The van der Waals surface area contributed by atoms with Gasteiger partial charge in [0.05, 0.1) is 11.7 Å². The summed E-state index contributed by atoms with van der Waals surface area (Å²) >= 11 is 0. The molecule has 1 aliphatic carbocycles. The van der Waals surface area contributed by atoms with Gasteiger partial charge in [0, 0.05) is 6.61 Å². The molecule has 0 aromatic heterocycles. The molecule has 0 radical (unpaired) electrons. The lowest BCUT2D eigenvalue weighted by Gasteiger charge is -2.21. The second-order valence-corrected chi connectivity index (χ2v) is 4.07. The number of ether oxygens (including phenoxy) is 1. The van der Waals surface area contributed by atoms with Gasteiger partial charge in [-0.2, -0.15) is 0 Å². The van der Waals surface area contributed by atoms with E-state index >= 15 is 0 Å². The van der Waals surface area contributed by atoms with Crippen molar-refractivity contribution in [3.05, 3.63) is 0 Å². The van der Waals surface area contributed by atoms with Crippen LogP contribution in [0.5, 0.6) is 0 Å². The normalized spacial score (nSPS) is 48.5. The fourth-order valence-corrected chi connectivity index (χ4v) is 2.16. The van der Waals surface area contributed by atoms with Gasteiger partial charge in [0.25, 0.3) is 0 Å². The van der Waals surface area contributed by atoms with Gasteiger partial charge in [-0.05, 0) is 38.5 Å². The summed E-state index contributed by atoms with van der Waals surface area (Å²) in [5.74, 6) is 0.723. The van der Waals surface area contributed by atoms with E-state index in [1.165, 1.54) is 19.3 Å². The lowest BCUT2D eigenvalue weighted by Crippen LogP contribution is -2.21. The highest BCUT2D eigenvalue weighted by atomic mass is 16.6. The maximum absolute atomic E-state index is 8.74. The molecule has 2 heteroatoms. The van der Waals surface area contributed by atoms with E-state index < -0.39 is 0 Å². The molecule has 1 aliphatic heterocycles. The van der Waals surface area contributed by atoms with Gasteiger partial charge in [-0.25, -0.2) is 0 Å². The number of aliphatic hydroxyl groups is 1. The molecule has 1 heterocycles. The highest BCUT2D eigenvalue weighted by Crippen LogP contribution is 2.49. The zero-order chi connectivity index (χ0) is 7.90. The summed E-state index contributed by atoms with van der Waals surface area (Å²) in [6.45, 7) is 2.54. The molecule has 0 aromatic rings. The van der Waals surface area contributed by atoms with E-state index in [0.717, 1.165) is 12.3 Å². The van der Waals surface area contributed by atoms with E-state index in [0.29, 0.717) is 12.7 Å². The van der Waals surface area contributed by atoms with Crippen LogP contribution in [0.25, 0.3) is 0 Å². The maximum Gasteiger partial charge on any atom is 0.0920 e. The Labute approximate surface area is 67.6 Å². The summed E-state index contributed by atoms with van der Waals surface area (Å²) in [5, 5.41) is 8.74. The van der Waals surface area contributed by atoms with Gasteiger partial charge in [-0.1, -0.05) is 0 Å². The van der Waals surface area contributed by atoms with Crippen molar-refractivity contribution in [2.75, 3.05) is 6.61 Å². The third kappa shape index (κ3) is 1.30. The van der Waals surface area contributed by atoms with Crippen LogP contribution >= 0.6 is 0 Å². The van der Waals surface area contributed by atoms with Crippen molar-refractivity contribution in [3.63, 3.8) is 0 Å². The molecule has 0 aromatic carbocycles. The fourth-order valence-electron chi connectivity index (χ4n) is 2.16. The summed E-state index contributed by atoms with van der Waals surface area (Å²) in [5.41, 5.74) is 0.242. The van der Waals surface area contributed by atoms with Crippen molar-refractivity contribution in [3.8, 4) is 0 Å². The number of rotatable bonds is 2. The smallest absolute Gasteiger partial charge is 0.0920 e. The monoisotopic (exact) mass is 156 g/mol. The molecule has 1 saturated carbocycles. The van der Waals surface area contributed by atoms with E-state index in [2.05, 4.69) is 6.92 Å². The molecule has 2 aliphatic rings. The number of hydrogen-bond acceptors (Lipinski definition) is 2. The molecule has 1 N–H and O–H groups in total. The summed E-state index contributed by atoms with van der Waals surface area (Å²) in [6, 6.07) is 0. The van der Waals surface area contributed by atoms with Crippen LogP contribution < -0.4 is 0 Å². The molecule has 3 unspecified atom stereocenters. The van der Waals surface area contributed by atoms with Crippen molar-refractivity contribution < 1.29 is 9.84 Å². The molecular formula is C9H16O2. The van der Waals surface area contributed by atoms with Gasteiger partial charge in [0.15, 0.2) is 0 Å². The Morgan fingerprint density at radius 2 is 2.45 bits per heavy atom. The van der Waals surface area contributed by atoms with E-state index in [1.54, 1.807) is 0 Å². The van der Waals surface area contributed by atoms with Crippen LogP contribution in [0.2, 0.25) is 0 Å². The number of epoxide rings is 1. The van der Waals surface area contributed by atoms with Crippen LogP contribution in [0.3, 0.4) is 0 Å². The Bertz CT molecular complexity index is 158. The Morgan fingerprint density at radius 3 is 3.09 bits per heavy atom. The van der Waals surface area contributed by atoms with E-state index in [-0.39, 0.29) is 5.60 Å². The van der Waals surface area contributed by atoms with Gasteiger partial charge < -0.3 is 9.84 Å².